The molecule has 0 radical (unpaired) electrons. The number of amides is 1. The highest BCUT2D eigenvalue weighted by molar-refractivity contribution is 7.89. The maximum Gasteiger partial charge on any atom is 0.257 e. The lowest BCUT2D eigenvalue weighted by Gasteiger charge is -2.04. The molecule has 0 unspecified atom stereocenters. The average molecular weight is 522 g/mol. The number of nitrogens with one attached hydrogen (secondary N) is 1. The molecule has 1 heterocycles. The molecule has 0 atom stereocenters. The lowest BCUT2D eigenvalue weighted by Crippen LogP contribution is -2.12. The van der Waals surface area contributed by atoms with Gasteiger partial charge in [0.05, 0.1) is 15.5 Å². The fourth-order valence-corrected chi connectivity index (χ4v) is 5.05. The number of carbonyl (C=O) groups is 1. The van der Waals surface area contributed by atoms with E-state index in [0.717, 1.165) is 0 Å². The van der Waals surface area contributed by atoms with E-state index >= 15 is 0 Å². The van der Waals surface area contributed by atoms with Crippen LogP contribution in [0.5, 0.6) is 0 Å². The molecule has 168 valence electrons. The normalized spacial score (nSPS) is 11.4. The van der Waals surface area contributed by atoms with Crippen molar-refractivity contribution in [2.75, 3.05) is 5.32 Å². The first kappa shape index (κ1) is 23.3. The molecule has 0 aliphatic rings. The highest BCUT2D eigenvalue weighted by Crippen LogP contribution is 2.39. The predicted molar refractivity (Wildman–Crippen MR) is 129 cm³/mol. The molecule has 0 spiro atoms. The highest BCUT2D eigenvalue weighted by atomic mass is 35.5. The van der Waals surface area contributed by atoms with Gasteiger partial charge in [0.25, 0.3) is 5.91 Å². The standard InChI is InChI=1S/C22H14Cl2FN3O3S2/c23-15-9-14(10-16(24)11-15)21(29)28-22-27-19(12-3-7-18(8-4-12)33(26,30)31)20(32-22)13-1-5-17(25)6-2-13/h1-11H,(H2,26,30,31)(H,27,28,29). The smallest absolute Gasteiger partial charge is 0.257 e. The first-order valence-corrected chi connectivity index (χ1v) is 12.4. The fourth-order valence-electron chi connectivity index (χ4n) is 3.02. The Balaban J connectivity index is 1.75. The van der Waals surface area contributed by atoms with Gasteiger partial charge in [-0.15, -0.1) is 0 Å². The van der Waals surface area contributed by atoms with E-state index in [1.165, 1.54) is 53.8 Å². The van der Waals surface area contributed by atoms with Crippen LogP contribution >= 0.6 is 34.5 Å². The third-order valence-corrected chi connectivity index (χ3v) is 6.92. The van der Waals surface area contributed by atoms with Gasteiger partial charge in [0.15, 0.2) is 5.13 Å². The van der Waals surface area contributed by atoms with E-state index in [1.807, 2.05) is 0 Å². The van der Waals surface area contributed by atoms with Gasteiger partial charge in [0.2, 0.25) is 10.0 Å². The number of nitrogens with zero attached hydrogens (tertiary/aromatic N) is 1. The molecule has 0 bridgehead atoms. The van der Waals surface area contributed by atoms with Gasteiger partial charge in [-0.05, 0) is 48.0 Å². The summed E-state index contributed by atoms with van der Waals surface area (Å²) in [6, 6.07) is 16.1. The Kier molecular flexibility index (Phi) is 6.51. The van der Waals surface area contributed by atoms with Crippen molar-refractivity contribution >= 4 is 55.6 Å². The van der Waals surface area contributed by atoms with Crippen molar-refractivity contribution in [1.82, 2.24) is 4.98 Å². The summed E-state index contributed by atoms with van der Waals surface area (Å²) in [5.41, 5.74) is 1.99. The topological polar surface area (TPSA) is 102 Å². The summed E-state index contributed by atoms with van der Waals surface area (Å²) in [6.07, 6.45) is 0. The molecule has 0 saturated carbocycles. The third-order valence-electron chi connectivity index (χ3n) is 4.54. The molecule has 3 N–H and O–H groups in total. The molecule has 3 aromatic carbocycles. The van der Waals surface area contributed by atoms with Gasteiger partial charge in [-0.1, -0.05) is 58.8 Å². The Bertz CT molecular complexity index is 1440. The minimum absolute atomic E-state index is 0.0452. The molecule has 0 aliphatic carbocycles. The largest absolute Gasteiger partial charge is 0.298 e. The van der Waals surface area contributed by atoms with E-state index < -0.39 is 21.7 Å². The van der Waals surface area contributed by atoms with Crippen molar-refractivity contribution in [3.05, 3.63) is 88.2 Å². The summed E-state index contributed by atoms with van der Waals surface area (Å²) < 4.78 is 36.6. The Morgan fingerprint density at radius 1 is 0.939 bits per heavy atom. The zero-order chi connectivity index (χ0) is 23.8. The number of hydrogen-bond donors (Lipinski definition) is 2. The van der Waals surface area contributed by atoms with Crippen LogP contribution in [-0.4, -0.2) is 19.3 Å². The van der Waals surface area contributed by atoms with E-state index in [9.17, 15) is 17.6 Å². The Morgan fingerprint density at radius 3 is 2.09 bits per heavy atom. The average Bonchev–Trinajstić information content (AvgIpc) is 3.16. The molecule has 0 fully saturated rings. The number of anilines is 1. The molecule has 33 heavy (non-hydrogen) atoms. The van der Waals surface area contributed by atoms with E-state index in [4.69, 9.17) is 28.3 Å². The van der Waals surface area contributed by atoms with Crippen molar-refractivity contribution < 1.29 is 17.6 Å². The van der Waals surface area contributed by atoms with Crippen LogP contribution in [0.1, 0.15) is 10.4 Å². The second-order valence-electron chi connectivity index (χ2n) is 6.89. The zero-order valence-electron chi connectivity index (χ0n) is 16.6. The van der Waals surface area contributed by atoms with Crippen LogP contribution in [-0.2, 0) is 10.0 Å². The number of nitrogens with two attached hydrogens (primary N) is 1. The SMILES string of the molecule is NS(=O)(=O)c1ccc(-c2nc(NC(=O)c3cc(Cl)cc(Cl)c3)sc2-c2ccc(F)cc2)cc1. The molecule has 4 aromatic rings. The minimum Gasteiger partial charge on any atom is -0.298 e. The number of carbonyl (C=O) groups excluding carboxylic acids is 1. The number of hydrogen-bond acceptors (Lipinski definition) is 5. The van der Waals surface area contributed by atoms with Gasteiger partial charge in [0.1, 0.15) is 5.82 Å². The van der Waals surface area contributed by atoms with Crippen LogP contribution in [0.2, 0.25) is 10.0 Å². The van der Waals surface area contributed by atoms with Gasteiger partial charge < -0.3 is 0 Å². The minimum atomic E-state index is -3.86. The predicted octanol–water partition coefficient (Wildman–Crippen LogP) is 5.82. The Morgan fingerprint density at radius 2 is 1.52 bits per heavy atom. The second kappa shape index (κ2) is 9.20. The Hall–Kier alpha value is -2.82. The summed E-state index contributed by atoms with van der Waals surface area (Å²) in [4.78, 5) is 17.9. The number of rotatable bonds is 5. The Labute approximate surface area is 202 Å². The van der Waals surface area contributed by atoms with E-state index in [1.54, 1.807) is 24.3 Å². The zero-order valence-corrected chi connectivity index (χ0v) is 19.7. The van der Waals surface area contributed by atoms with Crippen LogP contribution in [0, 0.1) is 5.82 Å². The van der Waals surface area contributed by atoms with Crippen LogP contribution in [0.3, 0.4) is 0 Å². The van der Waals surface area contributed by atoms with Gasteiger partial charge >= 0.3 is 0 Å². The van der Waals surface area contributed by atoms with E-state index in [0.29, 0.717) is 31.7 Å². The van der Waals surface area contributed by atoms with Crippen molar-refractivity contribution in [2.24, 2.45) is 5.14 Å². The molecule has 11 heteroatoms. The first-order valence-electron chi connectivity index (χ1n) is 9.27. The van der Waals surface area contributed by atoms with Crippen molar-refractivity contribution in [2.45, 2.75) is 4.90 Å². The van der Waals surface area contributed by atoms with Crippen molar-refractivity contribution in [3.8, 4) is 21.7 Å². The number of primary sulfonamides is 1. The number of sulfonamides is 1. The van der Waals surface area contributed by atoms with Crippen LogP contribution in [0.4, 0.5) is 9.52 Å². The van der Waals surface area contributed by atoms with Gasteiger partial charge in [-0.25, -0.2) is 22.9 Å². The molecule has 0 saturated heterocycles. The van der Waals surface area contributed by atoms with Gasteiger partial charge in [-0.2, -0.15) is 0 Å². The number of benzene rings is 3. The quantitative estimate of drug-likeness (QED) is 0.345. The molecular weight excluding hydrogens is 508 g/mol. The third kappa shape index (κ3) is 5.40. The lowest BCUT2D eigenvalue weighted by atomic mass is 10.1. The summed E-state index contributed by atoms with van der Waals surface area (Å²) in [5.74, 6) is -0.858. The summed E-state index contributed by atoms with van der Waals surface area (Å²) in [7, 11) is -3.86. The van der Waals surface area contributed by atoms with E-state index in [2.05, 4.69) is 10.3 Å². The highest BCUT2D eigenvalue weighted by Gasteiger charge is 2.18. The second-order valence-corrected chi connectivity index (χ2v) is 10.3. The van der Waals surface area contributed by atoms with Crippen LogP contribution < -0.4 is 10.5 Å². The molecule has 4 rings (SSSR count). The number of halogens is 3. The number of thiazole rings is 1. The monoisotopic (exact) mass is 521 g/mol. The van der Waals surface area contributed by atoms with Gasteiger partial charge in [-0.3, -0.25) is 10.1 Å². The lowest BCUT2D eigenvalue weighted by molar-refractivity contribution is 0.102. The molecule has 0 aliphatic heterocycles. The number of aromatic nitrogens is 1. The maximum absolute atomic E-state index is 13.5. The summed E-state index contributed by atoms with van der Waals surface area (Å²) >= 11 is 13.1. The summed E-state index contributed by atoms with van der Waals surface area (Å²) in [6.45, 7) is 0. The molecule has 1 aromatic heterocycles. The summed E-state index contributed by atoms with van der Waals surface area (Å²) in [5, 5.41) is 8.80. The molecule has 1 amide bonds. The van der Waals surface area contributed by atoms with Crippen molar-refractivity contribution in [1.29, 1.82) is 0 Å². The molecular formula is C22H14Cl2FN3O3S2. The van der Waals surface area contributed by atoms with E-state index in [-0.39, 0.29) is 15.6 Å². The van der Waals surface area contributed by atoms with Crippen molar-refractivity contribution in [3.63, 3.8) is 0 Å². The first-order chi connectivity index (χ1) is 15.6. The van der Waals surface area contributed by atoms with Crippen LogP contribution in [0.25, 0.3) is 21.7 Å². The maximum atomic E-state index is 13.5. The molecule has 6 nitrogen and oxygen atoms in total. The fraction of sp³-hybridized carbons (Fsp3) is 0. The van der Waals surface area contributed by atoms with Gasteiger partial charge in [0, 0.05) is 21.2 Å². The van der Waals surface area contributed by atoms with Crippen LogP contribution in [0.15, 0.2) is 71.6 Å².